The van der Waals surface area contributed by atoms with Crippen molar-refractivity contribution < 1.29 is 24.5 Å². The number of carbonyl (C=O) groups excluding carboxylic acids is 2. The van der Waals surface area contributed by atoms with Crippen LogP contribution in [0.5, 0.6) is 0 Å². The number of aliphatic hydroxyl groups excluding tert-OH is 2. The van der Waals surface area contributed by atoms with E-state index in [1.807, 2.05) is 6.08 Å². The molecule has 1 amide bonds. The molecule has 96 heavy (non-hydrogen) atoms. The van der Waals surface area contributed by atoms with E-state index in [1.165, 1.54) is 417 Å². The average molecular weight is 1350 g/mol. The molecule has 0 saturated heterocycles. The zero-order chi connectivity index (χ0) is 69.1. The standard InChI is InChI=1S/C90H171NO5/c1-3-5-7-9-11-13-15-17-19-21-23-24-25-37-40-43-47-50-54-58-62-66-70-74-78-82-88(93)87(86-92)91-89(94)83-79-75-71-67-63-59-55-51-48-44-41-38-35-33-31-29-27-26-28-30-32-34-36-39-42-45-49-53-57-61-65-69-73-77-81-85-96-90(95)84-80-76-72-68-64-60-56-52-46-22-20-18-16-14-12-10-8-6-4-2/h18,20,28,30,34,36,78,82,87-88,92-93H,3-17,19,21-27,29,31-33,35,37-77,79-81,83-86H2,1-2H3,(H,91,94)/b20-18-,30-28-,36-34-,82-78+. The number of nitrogens with one attached hydrogen (secondary N) is 1. The molecule has 0 aromatic heterocycles. The fourth-order valence-corrected chi connectivity index (χ4v) is 13.9. The molecule has 0 spiro atoms. The van der Waals surface area contributed by atoms with Crippen molar-refractivity contribution in [1.29, 1.82) is 0 Å². The Kier molecular flexibility index (Phi) is 83.3. The first kappa shape index (κ1) is 93.8. The normalized spacial score (nSPS) is 12.7. The monoisotopic (exact) mass is 1350 g/mol. The smallest absolute Gasteiger partial charge is 0.305 e. The number of hydrogen-bond acceptors (Lipinski definition) is 5. The van der Waals surface area contributed by atoms with Gasteiger partial charge in [0.25, 0.3) is 0 Å². The van der Waals surface area contributed by atoms with Crippen LogP contribution in [0.1, 0.15) is 489 Å². The SMILES string of the molecule is CCCCCCCC/C=C\CCCCCCCCCCCC(=O)OCCCCCCCCCCCCC/C=C\C/C=C\CCCCCCCCCCCCCCCCCCCC(=O)NC(CO)C(O)/C=C/CCCCCCCCCCCCCCCCCCCCCCCCC. The van der Waals surface area contributed by atoms with Crippen molar-refractivity contribution >= 4 is 11.9 Å². The predicted molar refractivity (Wildman–Crippen MR) is 426 cm³/mol. The van der Waals surface area contributed by atoms with Crippen molar-refractivity contribution in [3.05, 3.63) is 48.6 Å². The van der Waals surface area contributed by atoms with Crippen LogP contribution in [-0.4, -0.2) is 47.4 Å². The largest absolute Gasteiger partial charge is 0.466 e. The van der Waals surface area contributed by atoms with Gasteiger partial charge in [0.2, 0.25) is 5.91 Å². The van der Waals surface area contributed by atoms with Gasteiger partial charge < -0.3 is 20.3 Å². The van der Waals surface area contributed by atoms with Crippen molar-refractivity contribution in [2.75, 3.05) is 13.2 Å². The highest BCUT2D eigenvalue weighted by atomic mass is 16.5. The van der Waals surface area contributed by atoms with Gasteiger partial charge in [-0.25, -0.2) is 0 Å². The molecular weight excluding hydrogens is 1170 g/mol. The molecule has 0 aliphatic carbocycles. The van der Waals surface area contributed by atoms with E-state index in [4.69, 9.17) is 4.74 Å². The number of esters is 1. The molecule has 2 unspecified atom stereocenters. The zero-order valence-corrected chi connectivity index (χ0v) is 65.1. The third kappa shape index (κ3) is 80.8. The molecule has 6 heteroatoms. The van der Waals surface area contributed by atoms with Gasteiger partial charge in [-0.3, -0.25) is 9.59 Å². The molecule has 566 valence electrons. The second-order valence-electron chi connectivity index (χ2n) is 30.2. The van der Waals surface area contributed by atoms with Crippen molar-refractivity contribution in [3.63, 3.8) is 0 Å². The summed E-state index contributed by atoms with van der Waals surface area (Å²) in [5.74, 6) is -0.0433. The molecule has 2 atom stereocenters. The summed E-state index contributed by atoms with van der Waals surface area (Å²) in [5, 5.41) is 23.3. The summed E-state index contributed by atoms with van der Waals surface area (Å²) in [6.45, 7) is 4.95. The van der Waals surface area contributed by atoms with Crippen LogP contribution in [0.4, 0.5) is 0 Å². The van der Waals surface area contributed by atoms with E-state index >= 15 is 0 Å². The van der Waals surface area contributed by atoms with Gasteiger partial charge >= 0.3 is 5.97 Å². The minimum atomic E-state index is -0.845. The maximum Gasteiger partial charge on any atom is 0.305 e. The number of carbonyl (C=O) groups is 2. The molecule has 0 bridgehead atoms. The van der Waals surface area contributed by atoms with Crippen LogP contribution in [0.3, 0.4) is 0 Å². The topological polar surface area (TPSA) is 95.9 Å². The number of hydrogen-bond donors (Lipinski definition) is 3. The van der Waals surface area contributed by atoms with Crippen LogP contribution in [0, 0.1) is 0 Å². The van der Waals surface area contributed by atoms with Gasteiger partial charge in [-0.1, -0.05) is 435 Å². The van der Waals surface area contributed by atoms with Gasteiger partial charge in [-0.05, 0) is 89.9 Å². The quantitative estimate of drug-likeness (QED) is 0.0320. The zero-order valence-electron chi connectivity index (χ0n) is 65.1. The molecular formula is C90H171NO5. The van der Waals surface area contributed by atoms with E-state index in [1.54, 1.807) is 6.08 Å². The first-order valence-corrected chi connectivity index (χ1v) is 43.9. The van der Waals surface area contributed by atoms with Crippen LogP contribution in [0.15, 0.2) is 48.6 Å². The Morgan fingerprint density at radius 1 is 0.292 bits per heavy atom. The lowest BCUT2D eigenvalue weighted by atomic mass is 10.0. The third-order valence-corrected chi connectivity index (χ3v) is 20.6. The molecule has 6 nitrogen and oxygen atoms in total. The van der Waals surface area contributed by atoms with E-state index in [0.717, 1.165) is 44.9 Å². The number of amides is 1. The molecule has 0 heterocycles. The van der Waals surface area contributed by atoms with Crippen LogP contribution in [0.25, 0.3) is 0 Å². The molecule has 0 aliphatic heterocycles. The minimum absolute atomic E-state index is 0.0170. The van der Waals surface area contributed by atoms with Crippen molar-refractivity contribution in [3.8, 4) is 0 Å². The van der Waals surface area contributed by atoms with E-state index in [2.05, 4.69) is 55.6 Å². The lowest BCUT2D eigenvalue weighted by Gasteiger charge is -2.20. The molecule has 0 fully saturated rings. The molecule has 0 aliphatic rings. The number of allylic oxidation sites excluding steroid dienone is 7. The van der Waals surface area contributed by atoms with Gasteiger partial charge in [0.1, 0.15) is 0 Å². The van der Waals surface area contributed by atoms with Gasteiger partial charge in [0.15, 0.2) is 0 Å². The molecule has 3 N–H and O–H groups in total. The van der Waals surface area contributed by atoms with E-state index in [0.29, 0.717) is 19.4 Å². The molecule has 0 aromatic carbocycles. The summed E-state index contributed by atoms with van der Waals surface area (Å²) < 4.78 is 5.52. The summed E-state index contributed by atoms with van der Waals surface area (Å²) in [5.41, 5.74) is 0. The summed E-state index contributed by atoms with van der Waals surface area (Å²) in [4.78, 5) is 24.7. The van der Waals surface area contributed by atoms with Crippen LogP contribution in [-0.2, 0) is 14.3 Å². The predicted octanol–water partition coefficient (Wildman–Crippen LogP) is 29.5. The lowest BCUT2D eigenvalue weighted by molar-refractivity contribution is -0.143. The number of aliphatic hydroxyl groups is 2. The highest BCUT2D eigenvalue weighted by Crippen LogP contribution is 2.20. The van der Waals surface area contributed by atoms with E-state index < -0.39 is 12.1 Å². The van der Waals surface area contributed by atoms with E-state index in [9.17, 15) is 19.8 Å². The van der Waals surface area contributed by atoms with Crippen molar-refractivity contribution in [2.24, 2.45) is 0 Å². The summed E-state index contributed by atoms with van der Waals surface area (Å²) >= 11 is 0. The van der Waals surface area contributed by atoms with Crippen LogP contribution in [0.2, 0.25) is 0 Å². The average Bonchev–Trinajstić information content (AvgIpc) is 3.16. The second-order valence-corrected chi connectivity index (χ2v) is 30.2. The lowest BCUT2D eigenvalue weighted by Crippen LogP contribution is -2.45. The molecule has 0 rings (SSSR count). The fraction of sp³-hybridized carbons (Fsp3) is 0.889. The minimum Gasteiger partial charge on any atom is -0.466 e. The summed E-state index contributed by atoms with van der Waals surface area (Å²) in [6.07, 6.45) is 114. The molecule has 0 radical (unpaired) electrons. The highest BCUT2D eigenvalue weighted by molar-refractivity contribution is 5.76. The first-order valence-electron chi connectivity index (χ1n) is 43.9. The van der Waals surface area contributed by atoms with Crippen molar-refractivity contribution in [1.82, 2.24) is 5.32 Å². The first-order chi connectivity index (χ1) is 47.5. The summed E-state index contributed by atoms with van der Waals surface area (Å²) in [7, 11) is 0. The highest BCUT2D eigenvalue weighted by Gasteiger charge is 2.18. The Hall–Kier alpha value is -2.18. The second kappa shape index (κ2) is 85.2. The van der Waals surface area contributed by atoms with Gasteiger partial charge in [0.05, 0.1) is 25.4 Å². The Morgan fingerprint density at radius 3 is 0.802 bits per heavy atom. The van der Waals surface area contributed by atoms with Crippen LogP contribution >= 0.6 is 0 Å². The van der Waals surface area contributed by atoms with Gasteiger partial charge in [-0.2, -0.15) is 0 Å². The molecule has 0 aromatic rings. The maximum absolute atomic E-state index is 12.6. The van der Waals surface area contributed by atoms with Crippen molar-refractivity contribution in [2.45, 2.75) is 501 Å². The molecule has 0 saturated carbocycles. The number of ether oxygens (including phenoxy) is 1. The van der Waals surface area contributed by atoms with Gasteiger partial charge in [0, 0.05) is 12.8 Å². The Bertz CT molecular complexity index is 1600. The summed E-state index contributed by atoms with van der Waals surface area (Å²) in [6, 6.07) is -0.629. The third-order valence-electron chi connectivity index (χ3n) is 20.6. The number of unbranched alkanes of at least 4 members (excludes halogenated alkanes) is 66. The Morgan fingerprint density at radius 2 is 0.521 bits per heavy atom. The van der Waals surface area contributed by atoms with Crippen LogP contribution < -0.4 is 5.32 Å². The van der Waals surface area contributed by atoms with E-state index in [-0.39, 0.29) is 18.5 Å². The number of rotatable bonds is 83. The Balaban J connectivity index is 3.39. The maximum atomic E-state index is 12.6. The fourth-order valence-electron chi connectivity index (χ4n) is 13.9. The van der Waals surface area contributed by atoms with Gasteiger partial charge in [-0.15, -0.1) is 0 Å². The Labute approximate surface area is 601 Å².